The molecule has 2 rings (SSSR count). The van der Waals surface area contributed by atoms with Gasteiger partial charge in [0, 0.05) is 25.5 Å². The van der Waals surface area contributed by atoms with Crippen LogP contribution in [0.4, 0.5) is 0 Å². The van der Waals surface area contributed by atoms with Gasteiger partial charge in [-0.05, 0) is 56.8 Å². The third-order valence-corrected chi connectivity index (χ3v) is 6.32. The Balaban J connectivity index is 2.11. The van der Waals surface area contributed by atoms with Gasteiger partial charge in [0.2, 0.25) is 0 Å². The molecule has 0 spiro atoms. The summed E-state index contributed by atoms with van der Waals surface area (Å²) in [5.74, 6) is 1.55. The number of ether oxygens (including phenoxy) is 1. The molecule has 0 radical (unpaired) electrons. The van der Waals surface area contributed by atoms with Crippen LogP contribution in [0.3, 0.4) is 0 Å². The third-order valence-electron chi connectivity index (χ3n) is 6.32. The van der Waals surface area contributed by atoms with Gasteiger partial charge in [-0.15, -0.1) is 0 Å². The van der Waals surface area contributed by atoms with Crippen LogP contribution in [-0.4, -0.2) is 30.5 Å². The molecular weight excluding hydrogens is 250 g/mol. The van der Waals surface area contributed by atoms with Crippen LogP contribution in [0.1, 0.15) is 65.2 Å². The van der Waals surface area contributed by atoms with Gasteiger partial charge in [-0.3, -0.25) is 0 Å². The number of aliphatic hydroxyl groups is 1. The summed E-state index contributed by atoms with van der Waals surface area (Å²) in [6.45, 7) is 5.25. The first kappa shape index (κ1) is 16.3. The summed E-state index contributed by atoms with van der Waals surface area (Å²) < 4.78 is 5.53. The largest absolute Gasteiger partial charge is 0.389 e. The van der Waals surface area contributed by atoms with Crippen molar-refractivity contribution in [2.24, 2.45) is 23.0 Å². The van der Waals surface area contributed by atoms with Gasteiger partial charge in [-0.1, -0.05) is 13.8 Å². The van der Waals surface area contributed by atoms with Gasteiger partial charge in [0.25, 0.3) is 0 Å². The third kappa shape index (κ3) is 2.90. The van der Waals surface area contributed by atoms with Crippen LogP contribution in [0.25, 0.3) is 0 Å². The fourth-order valence-corrected chi connectivity index (χ4v) is 4.60. The van der Waals surface area contributed by atoms with Crippen molar-refractivity contribution in [3.8, 4) is 0 Å². The molecule has 0 heterocycles. The molecule has 118 valence electrons. The van der Waals surface area contributed by atoms with Gasteiger partial charge >= 0.3 is 0 Å². The molecule has 2 aliphatic rings. The van der Waals surface area contributed by atoms with E-state index >= 15 is 0 Å². The maximum absolute atomic E-state index is 11.3. The Morgan fingerprint density at radius 3 is 2.35 bits per heavy atom. The van der Waals surface area contributed by atoms with E-state index in [-0.39, 0.29) is 11.5 Å². The summed E-state index contributed by atoms with van der Waals surface area (Å²) in [5, 5.41) is 11.3. The topological polar surface area (TPSA) is 55.5 Å². The van der Waals surface area contributed by atoms with Gasteiger partial charge in [0.1, 0.15) is 0 Å². The van der Waals surface area contributed by atoms with Crippen molar-refractivity contribution in [1.29, 1.82) is 0 Å². The first-order chi connectivity index (χ1) is 9.46. The quantitative estimate of drug-likeness (QED) is 0.833. The molecule has 0 aromatic heterocycles. The van der Waals surface area contributed by atoms with Crippen molar-refractivity contribution in [2.75, 3.05) is 13.7 Å². The Kier molecular flexibility index (Phi) is 5.14. The Hall–Kier alpha value is -0.120. The maximum atomic E-state index is 11.3. The summed E-state index contributed by atoms with van der Waals surface area (Å²) in [6.07, 6.45) is 8.62. The number of hydrogen-bond acceptors (Lipinski definition) is 3. The molecule has 0 amide bonds. The molecule has 0 aliphatic heterocycles. The first-order valence-electron chi connectivity index (χ1n) is 8.41. The van der Waals surface area contributed by atoms with Crippen LogP contribution in [-0.2, 0) is 4.74 Å². The molecular formula is C17H33NO2. The van der Waals surface area contributed by atoms with Gasteiger partial charge in [0.15, 0.2) is 0 Å². The van der Waals surface area contributed by atoms with E-state index in [9.17, 15) is 5.11 Å². The Morgan fingerprint density at radius 2 is 1.85 bits per heavy atom. The SMILES string of the molecule is COC1CCCC(O)(C2(CN)CCC(C(C)C)CC2)C1. The highest BCUT2D eigenvalue weighted by atomic mass is 16.5. The number of methoxy groups -OCH3 is 1. The summed E-state index contributed by atoms with van der Waals surface area (Å²) in [5.41, 5.74) is 5.48. The minimum absolute atomic E-state index is 0.0738. The van der Waals surface area contributed by atoms with Crippen LogP contribution in [0.2, 0.25) is 0 Å². The predicted molar refractivity (Wildman–Crippen MR) is 82.5 cm³/mol. The van der Waals surface area contributed by atoms with E-state index in [1.54, 1.807) is 7.11 Å². The second-order valence-electron chi connectivity index (χ2n) is 7.55. The molecule has 2 aliphatic carbocycles. The normalized spacial score (nSPS) is 42.9. The fraction of sp³-hybridized carbons (Fsp3) is 1.00. The number of nitrogens with two attached hydrogens (primary N) is 1. The van der Waals surface area contributed by atoms with E-state index in [1.807, 2.05) is 0 Å². The zero-order chi connectivity index (χ0) is 14.8. The highest BCUT2D eigenvalue weighted by Crippen LogP contribution is 2.52. The van der Waals surface area contributed by atoms with E-state index in [4.69, 9.17) is 10.5 Å². The molecule has 2 saturated carbocycles. The fourth-order valence-electron chi connectivity index (χ4n) is 4.60. The standard InChI is InChI=1S/C17H33NO2/c1-13(2)14-6-9-16(12-18,10-7-14)17(19)8-4-5-15(11-17)20-3/h13-15,19H,4-12,18H2,1-3H3. The summed E-state index contributed by atoms with van der Waals surface area (Å²) in [4.78, 5) is 0. The van der Waals surface area contributed by atoms with Crippen molar-refractivity contribution in [3.05, 3.63) is 0 Å². The van der Waals surface area contributed by atoms with Crippen LogP contribution < -0.4 is 5.73 Å². The second-order valence-corrected chi connectivity index (χ2v) is 7.55. The van der Waals surface area contributed by atoms with Crippen LogP contribution in [0, 0.1) is 17.3 Å². The molecule has 0 aromatic rings. The molecule has 2 fully saturated rings. The molecule has 2 unspecified atom stereocenters. The zero-order valence-corrected chi connectivity index (χ0v) is 13.5. The summed E-state index contributed by atoms with van der Waals surface area (Å²) in [7, 11) is 1.77. The van der Waals surface area contributed by atoms with Crippen molar-refractivity contribution in [3.63, 3.8) is 0 Å². The van der Waals surface area contributed by atoms with E-state index < -0.39 is 5.60 Å². The first-order valence-corrected chi connectivity index (χ1v) is 8.41. The minimum Gasteiger partial charge on any atom is -0.389 e. The molecule has 0 saturated heterocycles. The molecule has 0 aromatic carbocycles. The summed E-state index contributed by atoms with van der Waals surface area (Å²) >= 11 is 0. The zero-order valence-electron chi connectivity index (χ0n) is 13.5. The van der Waals surface area contributed by atoms with Crippen molar-refractivity contribution >= 4 is 0 Å². The molecule has 3 nitrogen and oxygen atoms in total. The molecule has 20 heavy (non-hydrogen) atoms. The molecule has 0 bridgehead atoms. The molecule has 3 heteroatoms. The van der Waals surface area contributed by atoms with E-state index in [0.29, 0.717) is 6.54 Å². The molecule has 2 atom stereocenters. The van der Waals surface area contributed by atoms with Crippen molar-refractivity contribution in [1.82, 2.24) is 0 Å². The molecule has 3 N–H and O–H groups in total. The lowest BCUT2D eigenvalue weighted by Gasteiger charge is -2.53. The van der Waals surface area contributed by atoms with Gasteiger partial charge in [-0.2, -0.15) is 0 Å². The average Bonchev–Trinajstić information content (AvgIpc) is 2.47. The van der Waals surface area contributed by atoms with Gasteiger partial charge in [-0.25, -0.2) is 0 Å². The Bertz CT molecular complexity index is 310. The van der Waals surface area contributed by atoms with Gasteiger partial charge < -0.3 is 15.6 Å². The maximum Gasteiger partial charge on any atom is 0.0740 e. The monoisotopic (exact) mass is 283 g/mol. The van der Waals surface area contributed by atoms with E-state index in [1.165, 1.54) is 12.8 Å². The van der Waals surface area contributed by atoms with Crippen LogP contribution >= 0.6 is 0 Å². The lowest BCUT2D eigenvalue weighted by atomic mass is 9.56. The second kappa shape index (κ2) is 6.33. The van der Waals surface area contributed by atoms with Crippen LogP contribution in [0.15, 0.2) is 0 Å². The Morgan fingerprint density at radius 1 is 1.20 bits per heavy atom. The lowest BCUT2D eigenvalue weighted by Crippen LogP contribution is -2.57. The van der Waals surface area contributed by atoms with Crippen molar-refractivity contribution < 1.29 is 9.84 Å². The van der Waals surface area contributed by atoms with Crippen LogP contribution in [0.5, 0.6) is 0 Å². The Labute approximate surface area is 124 Å². The highest BCUT2D eigenvalue weighted by Gasteiger charge is 2.52. The predicted octanol–water partition coefficient (Wildman–Crippen LogP) is 3.10. The van der Waals surface area contributed by atoms with E-state index in [0.717, 1.165) is 50.4 Å². The lowest BCUT2D eigenvalue weighted by molar-refractivity contribution is -0.153. The van der Waals surface area contributed by atoms with Gasteiger partial charge in [0.05, 0.1) is 11.7 Å². The number of hydrogen-bond donors (Lipinski definition) is 2. The smallest absolute Gasteiger partial charge is 0.0740 e. The number of rotatable bonds is 4. The van der Waals surface area contributed by atoms with E-state index in [2.05, 4.69) is 13.8 Å². The minimum atomic E-state index is -0.609. The van der Waals surface area contributed by atoms with Crippen molar-refractivity contribution in [2.45, 2.75) is 76.9 Å². The average molecular weight is 283 g/mol. The summed E-state index contributed by atoms with van der Waals surface area (Å²) in [6, 6.07) is 0. The highest BCUT2D eigenvalue weighted by molar-refractivity contribution is 5.04.